The smallest absolute Gasteiger partial charge is 0.238 e. The molecule has 0 radical (unpaired) electrons. The summed E-state index contributed by atoms with van der Waals surface area (Å²) >= 11 is 18.2. The number of benzene rings is 2. The van der Waals surface area contributed by atoms with Crippen LogP contribution in [0.25, 0.3) is 0 Å². The monoisotopic (exact) mass is 458 g/mol. The maximum Gasteiger partial charge on any atom is 0.238 e. The highest BCUT2D eigenvalue weighted by Crippen LogP contribution is 2.55. The van der Waals surface area contributed by atoms with E-state index in [1.54, 1.807) is 0 Å². The molecule has 1 spiro atoms. The Kier molecular flexibility index (Phi) is 5.69. The number of anilines is 1. The molecule has 3 nitrogen and oxygen atoms in total. The van der Waals surface area contributed by atoms with Gasteiger partial charge in [0.05, 0.1) is 11.0 Å². The standard InChI is InChI=1S/C24H24Cl2N2OS/c1-13(2)9-14(3)22-24(18-8-7-17(26)11-20(18)27-23(24)29)19(12-21(30)28-22)15-5-4-6-16(25)10-15/h4-8,10-11,13,19,22H,3,9,12H2,1-2H3,(H,27,29)(H,28,30)/t19-,22+,24-/m0/s1. The lowest BCUT2D eigenvalue weighted by Crippen LogP contribution is -2.62. The van der Waals surface area contributed by atoms with Gasteiger partial charge >= 0.3 is 0 Å². The molecule has 0 aromatic heterocycles. The van der Waals surface area contributed by atoms with Crippen LogP contribution in [0, 0.1) is 5.92 Å². The van der Waals surface area contributed by atoms with Gasteiger partial charge in [-0.25, -0.2) is 0 Å². The second kappa shape index (κ2) is 7.99. The summed E-state index contributed by atoms with van der Waals surface area (Å²) in [5.41, 5.74) is 2.74. The molecule has 1 fully saturated rings. The largest absolute Gasteiger partial charge is 0.372 e. The van der Waals surface area contributed by atoms with Gasteiger partial charge in [0.25, 0.3) is 0 Å². The number of hydrogen-bond donors (Lipinski definition) is 2. The number of carbonyl (C=O) groups excluding carboxylic acids is 1. The van der Waals surface area contributed by atoms with Gasteiger partial charge in [0.2, 0.25) is 5.91 Å². The molecule has 1 saturated heterocycles. The van der Waals surface area contributed by atoms with Crippen molar-refractivity contribution in [3.05, 3.63) is 75.8 Å². The van der Waals surface area contributed by atoms with Gasteiger partial charge in [0.15, 0.2) is 0 Å². The lowest BCUT2D eigenvalue weighted by Gasteiger charge is -2.48. The Hall–Kier alpha value is -1.88. The molecule has 4 rings (SSSR count). The lowest BCUT2D eigenvalue weighted by atomic mass is 9.59. The van der Waals surface area contributed by atoms with Gasteiger partial charge < -0.3 is 10.6 Å². The van der Waals surface area contributed by atoms with E-state index in [4.69, 9.17) is 35.4 Å². The van der Waals surface area contributed by atoms with Crippen LogP contribution >= 0.6 is 35.4 Å². The Balaban J connectivity index is 1.97. The van der Waals surface area contributed by atoms with E-state index in [2.05, 4.69) is 31.1 Å². The number of nitrogens with one attached hydrogen (secondary N) is 2. The average molecular weight is 459 g/mol. The molecule has 2 heterocycles. The first-order valence-electron chi connectivity index (χ1n) is 10.1. The van der Waals surface area contributed by atoms with Crippen LogP contribution in [-0.2, 0) is 10.2 Å². The van der Waals surface area contributed by atoms with Crippen LogP contribution in [0.15, 0.2) is 54.6 Å². The lowest BCUT2D eigenvalue weighted by molar-refractivity contribution is -0.122. The van der Waals surface area contributed by atoms with Crippen LogP contribution in [0.4, 0.5) is 5.69 Å². The van der Waals surface area contributed by atoms with Crippen molar-refractivity contribution < 1.29 is 4.79 Å². The molecule has 3 atom stereocenters. The first kappa shape index (κ1) is 21.4. The van der Waals surface area contributed by atoms with Crippen molar-refractivity contribution in [1.82, 2.24) is 5.32 Å². The van der Waals surface area contributed by atoms with Crippen LogP contribution in [0.5, 0.6) is 0 Å². The molecule has 156 valence electrons. The highest BCUT2D eigenvalue weighted by atomic mass is 35.5. The zero-order valence-electron chi connectivity index (χ0n) is 17.0. The number of piperidine rings is 1. The minimum Gasteiger partial charge on any atom is -0.372 e. The van der Waals surface area contributed by atoms with Crippen molar-refractivity contribution in [2.24, 2.45) is 5.92 Å². The molecule has 2 aliphatic rings. The summed E-state index contributed by atoms with van der Waals surface area (Å²) in [4.78, 5) is 14.5. The molecule has 30 heavy (non-hydrogen) atoms. The fourth-order valence-corrected chi connectivity index (χ4v) is 5.67. The number of amides is 1. The molecule has 0 aliphatic carbocycles. The summed E-state index contributed by atoms with van der Waals surface area (Å²) in [6.07, 6.45) is 1.34. The molecule has 0 saturated carbocycles. The fraction of sp³-hybridized carbons (Fsp3) is 0.333. The number of thiocarbonyl (C=S) groups is 1. The first-order valence-corrected chi connectivity index (χ1v) is 11.2. The van der Waals surface area contributed by atoms with E-state index in [1.807, 2.05) is 42.5 Å². The maximum atomic E-state index is 13.8. The molecule has 6 heteroatoms. The van der Waals surface area contributed by atoms with Crippen LogP contribution in [0.3, 0.4) is 0 Å². The van der Waals surface area contributed by atoms with Gasteiger partial charge in [0.1, 0.15) is 5.41 Å². The van der Waals surface area contributed by atoms with Crippen molar-refractivity contribution in [2.75, 3.05) is 5.32 Å². The normalized spacial score (nSPS) is 25.2. The molecule has 2 N–H and O–H groups in total. The fourth-order valence-electron chi connectivity index (χ4n) is 5.01. The zero-order valence-corrected chi connectivity index (χ0v) is 19.3. The minimum atomic E-state index is -0.890. The molecule has 0 unspecified atom stereocenters. The van der Waals surface area contributed by atoms with Crippen LogP contribution < -0.4 is 10.6 Å². The van der Waals surface area contributed by atoms with Crippen molar-refractivity contribution in [1.29, 1.82) is 0 Å². The van der Waals surface area contributed by atoms with Crippen molar-refractivity contribution in [2.45, 2.75) is 44.1 Å². The summed E-state index contributed by atoms with van der Waals surface area (Å²) in [7, 11) is 0. The molecular weight excluding hydrogens is 435 g/mol. The third-order valence-corrected chi connectivity index (χ3v) is 6.84. The van der Waals surface area contributed by atoms with E-state index in [0.29, 0.717) is 22.4 Å². The Morgan fingerprint density at radius 1 is 1.23 bits per heavy atom. The zero-order chi connectivity index (χ0) is 21.6. The third kappa shape index (κ3) is 3.45. The molecule has 0 bridgehead atoms. The predicted octanol–water partition coefficient (Wildman–Crippen LogP) is 6.26. The second-order valence-corrected chi connectivity index (χ2v) is 9.95. The summed E-state index contributed by atoms with van der Waals surface area (Å²) in [6, 6.07) is 13.0. The van der Waals surface area contributed by atoms with Crippen molar-refractivity contribution >= 4 is 52.0 Å². The van der Waals surface area contributed by atoms with Crippen LogP contribution in [0.1, 0.15) is 43.7 Å². The van der Waals surface area contributed by atoms with Gasteiger partial charge in [-0.1, -0.05) is 79.6 Å². The number of rotatable bonds is 4. The van der Waals surface area contributed by atoms with E-state index in [0.717, 1.165) is 33.8 Å². The number of halogens is 2. The van der Waals surface area contributed by atoms with Gasteiger partial charge in [-0.15, -0.1) is 0 Å². The number of hydrogen-bond acceptors (Lipinski definition) is 2. The molecular formula is C24H24Cl2N2OS. The van der Waals surface area contributed by atoms with Gasteiger partial charge in [-0.2, -0.15) is 0 Å². The highest BCUT2D eigenvalue weighted by molar-refractivity contribution is 7.80. The molecule has 2 aromatic carbocycles. The Labute approximate surface area is 192 Å². The topological polar surface area (TPSA) is 41.1 Å². The summed E-state index contributed by atoms with van der Waals surface area (Å²) in [5, 5.41) is 7.77. The van der Waals surface area contributed by atoms with Crippen molar-refractivity contribution in [3.63, 3.8) is 0 Å². The van der Waals surface area contributed by atoms with Crippen LogP contribution in [-0.4, -0.2) is 16.9 Å². The number of carbonyl (C=O) groups is 1. The van der Waals surface area contributed by atoms with E-state index >= 15 is 0 Å². The van der Waals surface area contributed by atoms with E-state index in [-0.39, 0.29) is 17.9 Å². The van der Waals surface area contributed by atoms with E-state index in [1.165, 1.54) is 0 Å². The molecule has 2 aliphatic heterocycles. The van der Waals surface area contributed by atoms with Crippen molar-refractivity contribution in [3.8, 4) is 0 Å². The number of fused-ring (bicyclic) bond motifs is 2. The summed E-state index contributed by atoms with van der Waals surface area (Å²) < 4.78 is 0. The van der Waals surface area contributed by atoms with Gasteiger partial charge in [0, 0.05) is 28.1 Å². The summed E-state index contributed by atoms with van der Waals surface area (Å²) in [5.74, 6) is 0.168. The Morgan fingerprint density at radius 3 is 2.67 bits per heavy atom. The SMILES string of the molecule is C=C(CC(C)C)[C@H]1NC(=S)C[C@@H](c2cccc(Cl)c2)[C@]12C(=O)Nc1cc(Cl)ccc12. The Bertz CT molecular complexity index is 1050. The second-order valence-electron chi connectivity index (χ2n) is 8.58. The quantitative estimate of drug-likeness (QED) is 0.419. The van der Waals surface area contributed by atoms with Crippen LogP contribution in [0.2, 0.25) is 10.0 Å². The highest BCUT2D eigenvalue weighted by Gasteiger charge is 2.60. The maximum absolute atomic E-state index is 13.8. The molecule has 2 aromatic rings. The summed E-state index contributed by atoms with van der Waals surface area (Å²) in [6.45, 7) is 8.69. The van der Waals surface area contributed by atoms with Gasteiger partial charge in [-0.05, 0) is 47.7 Å². The minimum absolute atomic E-state index is 0.0605. The molecule has 1 amide bonds. The predicted molar refractivity (Wildman–Crippen MR) is 129 cm³/mol. The first-order chi connectivity index (χ1) is 14.2. The van der Waals surface area contributed by atoms with E-state index in [9.17, 15) is 4.79 Å². The Morgan fingerprint density at radius 2 is 1.97 bits per heavy atom. The third-order valence-electron chi connectivity index (χ3n) is 6.08. The van der Waals surface area contributed by atoms with E-state index < -0.39 is 5.41 Å². The van der Waals surface area contributed by atoms with Gasteiger partial charge in [-0.3, -0.25) is 4.79 Å². The average Bonchev–Trinajstić information content (AvgIpc) is 2.94.